The predicted molar refractivity (Wildman–Crippen MR) is 97.2 cm³/mol. The number of hydrogen-bond donors (Lipinski definition) is 1. The van der Waals surface area contributed by atoms with Crippen LogP contribution in [0.2, 0.25) is 0 Å². The van der Waals surface area contributed by atoms with Crippen LogP contribution in [-0.4, -0.2) is 84.1 Å². The van der Waals surface area contributed by atoms with E-state index < -0.39 is 10.0 Å². The Labute approximate surface area is 155 Å². The fourth-order valence-corrected chi connectivity index (χ4v) is 4.59. The van der Waals surface area contributed by atoms with Crippen LogP contribution in [0, 0.1) is 0 Å². The van der Waals surface area contributed by atoms with Crippen molar-refractivity contribution in [3.05, 3.63) is 18.2 Å². The lowest BCUT2D eigenvalue weighted by Gasteiger charge is -2.34. The minimum atomic E-state index is -3.62. The van der Waals surface area contributed by atoms with E-state index in [1.165, 1.54) is 30.7 Å². The van der Waals surface area contributed by atoms with Gasteiger partial charge in [-0.05, 0) is 19.1 Å². The van der Waals surface area contributed by atoms with Gasteiger partial charge in [0.05, 0.1) is 45.3 Å². The molecule has 0 radical (unpaired) electrons. The fourth-order valence-electron chi connectivity index (χ4n) is 3.13. The van der Waals surface area contributed by atoms with Crippen LogP contribution in [0.1, 0.15) is 6.92 Å². The summed E-state index contributed by atoms with van der Waals surface area (Å²) in [4.78, 5) is 15.0. The lowest BCUT2D eigenvalue weighted by molar-refractivity contribution is -0.917. The molecule has 9 heteroatoms. The molecule has 1 saturated heterocycles. The van der Waals surface area contributed by atoms with Crippen molar-refractivity contribution in [2.24, 2.45) is 0 Å². The molecule has 1 heterocycles. The Balaban J connectivity index is 2.12. The summed E-state index contributed by atoms with van der Waals surface area (Å²) in [6.45, 7) is 3.81. The van der Waals surface area contributed by atoms with Gasteiger partial charge in [0, 0.05) is 20.2 Å². The Kier molecular flexibility index (Phi) is 6.48. The zero-order chi connectivity index (χ0) is 19.5. The summed E-state index contributed by atoms with van der Waals surface area (Å²) < 4.78 is 37.7. The van der Waals surface area contributed by atoms with Gasteiger partial charge < -0.3 is 19.3 Å². The number of rotatable bonds is 6. The molecule has 1 amide bonds. The maximum absolute atomic E-state index is 12.9. The molecule has 0 spiro atoms. The van der Waals surface area contributed by atoms with E-state index in [0.717, 1.165) is 4.90 Å². The third-order valence-corrected chi connectivity index (χ3v) is 6.68. The van der Waals surface area contributed by atoms with Crippen molar-refractivity contribution in [3.63, 3.8) is 0 Å². The highest BCUT2D eigenvalue weighted by Crippen LogP contribution is 2.30. The van der Waals surface area contributed by atoms with Crippen LogP contribution >= 0.6 is 0 Å². The van der Waals surface area contributed by atoms with Crippen LogP contribution < -0.4 is 14.4 Å². The van der Waals surface area contributed by atoms with E-state index in [1.54, 1.807) is 25.1 Å². The summed E-state index contributed by atoms with van der Waals surface area (Å²) in [6.07, 6.45) is 0. The van der Waals surface area contributed by atoms with Crippen molar-refractivity contribution >= 4 is 15.9 Å². The monoisotopic (exact) mass is 386 g/mol. The third-order valence-electron chi connectivity index (χ3n) is 4.78. The second-order valence-corrected chi connectivity index (χ2v) is 8.47. The lowest BCUT2D eigenvalue weighted by Crippen LogP contribution is -3.19. The molecular formula is C17H28N3O5S+. The van der Waals surface area contributed by atoms with Gasteiger partial charge in [-0.15, -0.1) is 0 Å². The van der Waals surface area contributed by atoms with Gasteiger partial charge in [0.25, 0.3) is 5.91 Å². The smallest absolute Gasteiger partial charge is 0.280 e. The standard InChI is InChI=1S/C17H27N3O5S/c1-13(17(21)18(2)3)19-8-10-20(11-9-19)26(22,23)14-6-7-15(24-4)16(12-14)25-5/h6-7,12-13H,8-11H2,1-5H3/p+1/t13-/m1/s1. The molecule has 1 aromatic carbocycles. The maximum atomic E-state index is 12.9. The van der Waals surface area contributed by atoms with Crippen LogP contribution in [0.25, 0.3) is 0 Å². The summed E-state index contributed by atoms with van der Waals surface area (Å²) in [5.74, 6) is 0.913. The average Bonchev–Trinajstić information content (AvgIpc) is 2.66. The molecule has 0 unspecified atom stereocenters. The van der Waals surface area contributed by atoms with Gasteiger partial charge in [-0.1, -0.05) is 0 Å². The second kappa shape index (κ2) is 8.24. The number of carbonyl (C=O) groups is 1. The normalized spacial score (nSPS) is 17.6. The van der Waals surface area contributed by atoms with E-state index in [4.69, 9.17) is 9.47 Å². The summed E-state index contributed by atoms with van der Waals surface area (Å²) >= 11 is 0. The average molecular weight is 386 g/mol. The van der Waals surface area contributed by atoms with Crippen molar-refractivity contribution in [1.82, 2.24) is 9.21 Å². The van der Waals surface area contributed by atoms with Crippen LogP contribution in [-0.2, 0) is 14.8 Å². The van der Waals surface area contributed by atoms with E-state index in [9.17, 15) is 13.2 Å². The summed E-state index contributed by atoms with van der Waals surface area (Å²) in [5, 5.41) is 0. The molecule has 2 rings (SSSR count). The number of amides is 1. The molecule has 1 aromatic rings. The van der Waals surface area contributed by atoms with Gasteiger partial charge in [-0.3, -0.25) is 4.79 Å². The van der Waals surface area contributed by atoms with Crippen molar-refractivity contribution in [2.75, 3.05) is 54.5 Å². The van der Waals surface area contributed by atoms with E-state index in [1.807, 2.05) is 6.92 Å². The Morgan fingerprint density at radius 2 is 1.73 bits per heavy atom. The van der Waals surface area contributed by atoms with Gasteiger partial charge in [0.2, 0.25) is 10.0 Å². The number of quaternary nitrogens is 1. The molecule has 1 fully saturated rings. The topological polar surface area (TPSA) is 80.6 Å². The largest absolute Gasteiger partial charge is 0.493 e. The number of likely N-dealkylation sites (N-methyl/N-ethyl adjacent to an activating group) is 1. The maximum Gasteiger partial charge on any atom is 0.280 e. The van der Waals surface area contributed by atoms with Gasteiger partial charge in [-0.25, -0.2) is 8.42 Å². The molecule has 0 aromatic heterocycles. The molecule has 1 atom stereocenters. The Morgan fingerprint density at radius 1 is 1.15 bits per heavy atom. The Hall–Kier alpha value is -1.84. The number of carbonyl (C=O) groups excluding carboxylic acids is 1. The molecular weight excluding hydrogens is 358 g/mol. The van der Waals surface area contributed by atoms with Gasteiger partial charge in [-0.2, -0.15) is 4.31 Å². The van der Waals surface area contributed by atoms with Crippen LogP contribution in [0.15, 0.2) is 23.1 Å². The minimum Gasteiger partial charge on any atom is -0.493 e. The molecule has 1 aliphatic rings. The summed E-state index contributed by atoms with van der Waals surface area (Å²) in [7, 11) is 2.82. The molecule has 26 heavy (non-hydrogen) atoms. The third kappa shape index (κ3) is 4.11. The first-order valence-corrected chi connectivity index (χ1v) is 9.94. The Morgan fingerprint density at radius 3 is 2.23 bits per heavy atom. The summed E-state index contributed by atoms with van der Waals surface area (Å²) in [5.41, 5.74) is 0. The highest BCUT2D eigenvalue weighted by atomic mass is 32.2. The van der Waals surface area contributed by atoms with E-state index in [2.05, 4.69) is 0 Å². The van der Waals surface area contributed by atoms with Crippen molar-refractivity contribution in [3.8, 4) is 11.5 Å². The second-order valence-electron chi connectivity index (χ2n) is 6.53. The molecule has 1 N–H and O–H groups in total. The molecule has 0 bridgehead atoms. The zero-order valence-electron chi connectivity index (χ0n) is 16.0. The minimum absolute atomic E-state index is 0.0520. The first kappa shape index (κ1) is 20.5. The highest BCUT2D eigenvalue weighted by molar-refractivity contribution is 7.89. The van der Waals surface area contributed by atoms with Crippen LogP contribution in [0.5, 0.6) is 11.5 Å². The van der Waals surface area contributed by atoms with Crippen LogP contribution in [0.4, 0.5) is 0 Å². The lowest BCUT2D eigenvalue weighted by atomic mass is 10.2. The number of benzene rings is 1. The number of nitrogens with zero attached hydrogens (tertiary/aromatic N) is 2. The van der Waals surface area contributed by atoms with E-state index >= 15 is 0 Å². The zero-order valence-corrected chi connectivity index (χ0v) is 16.8. The Bertz CT molecular complexity index is 743. The number of hydrogen-bond acceptors (Lipinski definition) is 5. The number of ether oxygens (including phenoxy) is 2. The highest BCUT2D eigenvalue weighted by Gasteiger charge is 2.35. The first-order chi connectivity index (χ1) is 12.2. The molecule has 146 valence electrons. The number of methoxy groups -OCH3 is 2. The van der Waals surface area contributed by atoms with Gasteiger partial charge in [0.15, 0.2) is 17.5 Å². The number of nitrogens with one attached hydrogen (secondary N) is 1. The van der Waals surface area contributed by atoms with Crippen molar-refractivity contribution in [2.45, 2.75) is 17.9 Å². The quantitative estimate of drug-likeness (QED) is 0.683. The van der Waals surface area contributed by atoms with Crippen molar-refractivity contribution in [1.29, 1.82) is 0 Å². The SMILES string of the molecule is COc1ccc(S(=O)(=O)N2CC[NH+]([C@H](C)C(=O)N(C)C)CC2)cc1OC. The molecule has 0 saturated carbocycles. The number of sulfonamides is 1. The van der Waals surface area contributed by atoms with Crippen molar-refractivity contribution < 1.29 is 27.6 Å². The van der Waals surface area contributed by atoms with Crippen LogP contribution in [0.3, 0.4) is 0 Å². The first-order valence-electron chi connectivity index (χ1n) is 8.50. The van der Waals surface area contributed by atoms with Gasteiger partial charge in [0.1, 0.15) is 0 Å². The van der Waals surface area contributed by atoms with E-state index in [-0.39, 0.29) is 16.8 Å². The fraction of sp³-hybridized carbons (Fsp3) is 0.588. The number of piperazine rings is 1. The van der Waals surface area contributed by atoms with E-state index in [0.29, 0.717) is 37.7 Å². The summed E-state index contributed by atoms with van der Waals surface area (Å²) in [6, 6.07) is 4.40. The molecule has 8 nitrogen and oxygen atoms in total. The predicted octanol–water partition coefficient (Wildman–Crippen LogP) is -0.930. The molecule has 0 aliphatic carbocycles. The van der Waals surface area contributed by atoms with Gasteiger partial charge >= 0.3 is 0 Å². The molecule has 1 aliphatic heterocycles.